The van der Waals surface area contributed by atoms with E-state index in [0.29, 0.717) is 114 Å². The first-order valence-corrected chi connectivity index (χ1v) is 59.9. The molecule has 0 N–H and O–H groups in total. The molecule has 0 aromatic heterocycles. The Morgan fingerprint density at radius 3 is 1.12 bits per heavy atom. The number of Topliss-reactive ketones (excluding diaryl/α,β-unsaturated/α-hetero) is 1. The van der Waals surface area contributed by atoms with E-state index in [1.165, 1.54) is 281 Å². The second-order valence-electron chi connectivity index (χ2n) is 41.2. The van der Waals surface area contributed by atoms with Gasteiger partial charge >= 0.3 is 29.8 Å². The number of carbonyl (C=O) groups excluding carboxylic acids is 6. The van der Waals surface area contributed by atoms with Gasteiger partial charge in [0.15, 0.2) is 5.75 Å². The second-order valence-corrected chi connectivity index (χ2v) is 59.7. The van der Waals surface area contributed by atoms with Crippen LogP contribution in [0.5, 0.6) is 0 Å². The van der Waals surface area contributed by atoms with E-state index in [2.05, 4.69) is 20.8 Å². The molecule has 7 aliphatic heterocycles. The lowest BCUT2D eigenvalue weighted by Gasteiger charge is -2.59. The lowest BCUT2D eigenvalue weighted by Crippen LogP contribution is -2.60. The lowest BCUT2D eigenvalue weighted by molar-refractivity contribution is -0.205. The standard InChI is InChI=1S/C22H35O2S.C18H29O2S.C17H27O2S.C14H21O4S3.C12H15OS.C11H21O2S/c1-21(18-12-16-11-17(14-18)15-19(21)13-16)24-20(23)22(7-3-4-8-22)25-9-5-2-6-10-25;1-18(20-17(19)12-21-5-3-2-4-6-21)15-8-13-7-14(10-15)11-16(18)9-13;1-17(19-16(18)11-20-4-2-3-5-20)14-7-12-6-13(9-14)10-15(17)8-12;15-12(8-20-4-2-1-3-5-20)18-13-9-6-10-11(7-9)21(16,17)19-14(10)13;13-12(10-14-8-4-5-9-14)11-6-2-1-3-7-11;1-11(2,3)13-10(12)9-14-7-5-4-6-8-14/h16-19H,2-15H2,1H3;13-16H,2-12H2,1H3;12-15H,2-11H2,1H3;9-11,13-14H,1-8H2;1-3,6-7H,4-5,8-10H2;4-9H2,1-3H3/q6*+1. The number of hydrogen-bond acceptors (Lipinski definition) is 14. The quantitative estimate of drug-likeness (QED) is 0.0472. The molecule has 21 heteroatoms. The number of benzene rings is 1. The minimum atomic E-state index is -3.00. The summed E-state index contributed by atoms with van der Waals surface area (Å²) in [5.74, 6) is 29.3. The molecule has 7 saturated heterocycles. The highest BCUT2D eigenvalue weighted by molar-refractivity contribution is 8.73. The number of esters is 5. The zero-order valence-electron chi connectivity index (χ0n) is 71.5. The van der Waals surface area contributed by atoms with Gasteiger partial charge in [0, 0.05) is 29.3 Å². The zero-order chi connectivity index (χ0) is 80.3. The van der Waals surface area contributed by atoms with Gasteiger partial charge in [-0.1, -0.05) is 30.3 Å². The SMILES string of the molecule is CC(C)(C)OC(=O)C[S+]1CCCCC1.CC1(OC(=O)C2([S+]3CCCCC3)CCCC2)C2CC3CC(C2)CC1C3.CC1(OC(=O)C[S+]2CCCC2)C2CC3CC(C2)CC1C3.CC1(OC(=O)C[S+]2CCCCC2)C2CC3CC(C2)CC1C3.O=C(C[S+]1CCCC1)c1ccccc1.O=C(C[S+]1CCCCC1)OC1C2CC3C1SS(=O)(=O)C3C2. The summed E-state index contributed by atoms with van der Waals surface area (Å²) < 4.78 is 54.0. The van der Waals surface area contributed by atoms with Crippen molar-refractivity contribution in [1.82, 2.24) is 0 Å². The summed E-state index contributed by atoms with van der Waals surface area (Å²) >= 11 is 0. The molecular weight excluding hydrogens is 1590 g/mol. The summed E-state index contributed by atoms with van der Waals surface area (Å²) in [6, 6.07) is 9.66. The third kappa shape index (κ3) is 21.6. The number of hydrogen-bond donors (Lipinski definition) is 0. The molecule has 7 heterocycles. The fourth-order valence-corrected chi connectivity index (χ4v) is 45.8. The number of ether oxygens (including phenoxy) is 5. The van der Waals surface area contributed by atoms with Gasteiger partial charge in [-0.3, -0.25) is 4.79 Å². The van der Waals surface area contributed by atoms with Crippen LogP contribution in [-0.2, 0) is 122 Å². The van der Waals surface area contributed by atoms with Crippen LogP contribution in [0.3, 0.4) is 0 Å². The maximum absolute atomic E-state index is 13.6. The predicted octanol–water partition coefficient (Wildman–Crippen LogP) is 17.5. The average Bonchev–Trinajstić information content (AvgIpc) is 1.70. The van der Waals surface area contributed by atoms with Gasteiger partial charge in [-0.25, -0.2) is 32.4 Å². The van der Waals surface area contributed by atoms with E-state index in [9.17, 15) is 37.2 Å². The van der Waals surface area contributed by atoms with E-state index in [4.69, 9.17) is 23.7 Å². The summed E-state index contributed by atoms with van der Waals surface area (Å²) in [5, 5.41) is -0.148. The van der Waals surface area contributed by atoms with Crippen LogP contribution in [0.25, 0.3) is 0 Å². The Hall–Kier alpha value is -1.36. The van der Waals surface area contributed by atoms with Crippen LogP contribution in [0.2, 0.25) is 0 Å². The van der Waals surface area contributed by atoms with Crippen molar-refractivity contribution < 1.29 is 60.9 Å². The first kappa shape index (κ1) is 88.5. The van der Waals surface area contributed by atoms with Gasteiger partial charge in [0.1, 0.15) is 97.5 Å². The lowest BCUT2D eigenvalue weighted by atomic mass is 9.50. The monoisotopic (exact) mass is 1740 g/mol. The van der Waals surface area contributed by atoms with Gasteiger partial charge in [0.25, 0.3) is 0 Å². The summed E-state index contributed by atoms with van der Waals surface area (Å²) in [6.07, 6.45) is 47.6. The first-order valence-electron chi connectivity index (χ1n) is 46.7. The van der Waals surface area contributed by atoms with Gasteiger partial charge < -0.3 is 23.7 Å². The van der Waals surface area contributed by atoms with Gasteiger partial charge in [-0.2, -0.15) is 0 Å². The molecule has 644 valence electrons. The van der Waals surface area contributed by atoms with Crippen LogP contribution in [0.4, 0.5) is 0 Å². The van der Waals surface area contributed by atoms with E-state index in [1.54, 1.807) is 0 Å². The van der Waals surface area contributed by atoms with Crippen molar-refractivity contribution in [2.24, 2.45) is 82.9 Å². The van der Waals surface area contributed by atoms with Crippen LogP contribution in [-0.4, -0.2) is 186 Å². The molecule has 0 spiro atoms. The van der Waals surface area contributed by atoms with Crippen molar-refractivity contribution in [2.75, 3.05) is 97.8 Å². The van der Waals surface area contributed by atoms with E-state index in [-0.39, 0.29) is 107 Å². The van der Waals surface area contributed by atoms with E-state index >= 15 is 0 Å². The Kier molecular flexibility index (Phi) is 30.0. The minimum absolute atomic E-state index is 0.0114. The van der Waals surface area contributed by atoms with Crippen molar-refractivity contribution in [3.05, 3.63) is 35.9 Å². The molecule has 15 saturated carbocycles. The molecule has 15 aliphatic carbocycles. The molecule has 13 nitrogen and oxygen atoms in total. The maximum atomic E-state index is 13.6. The largest absolute Gasteiger partial charge is 0.457 e. The van der Waals surface area contributed by atoms with Crippen LogP contribution >= 0.6 is 10.8 Å². The molecule has 1 aromatic carbocycles. The van der Waals surface area contributed by atoms with E-state index in [1.807, 2.05) is 51.1 Å². The highest BCUT2D eigenvalue weighted by Gasteiger charge is 2.66. The summed E-state index contributed by atoms with van der Waals surface area (Å²) in [4.78, 5) is 74.0. The van der Waals surface area contributed by atoms with Crippen LogP contribution in [0.1, 0.15) is 289 Å². The summed E-state index contributed by atoms with van der Waals surface area (Å²) in [6.45, 7) is 12.6. The first-order chi connectivity index (χ1) is 55.2. The van der Waals surface area contributed by atoms with E-state index < -0.39 is 8.87 Å². The van der Waals surface area contributed by atoms with Gasteiger partial charge in [-0.15, -0.1) is 0 Å². The van der Waals surface area contributed by atoms with Gasteiger partial charge in [0.05, 0.1) is 10.5 Å². The predicted molar refractivity (Wildman–Crippen MR) is 483 cm³/mol. The Bertz CT molecular complexity index is 3460. The smallest absolute Gasteiger partial charge is 0.363 e. The third-order valence-corrected chi connectivity index (χ3v) is 51.8. The second kappa shape index (κ2) is 39.0. The van der Waals surface area contributed by atoms with Crippen LogP contribution in [0, 0.1) is 82.9 Å². The zero-order valence-corrected chi connectivity index (χ0v) is 78.0. The highest BCUT2D eigenvalue weighted by Crippen LogP contribution is 2.64. The molecule has 1 aromatic rings. The molecule has 5 unspecified atom stereocenters. The molecule has 0 amide bonds. The molecule has 22 aliphatic rings. The summed E-state index contributed by atoms with van der Waals surface area (Å²) in [5.41, 5.74) is 0.180. The number of carbonyl (C=O) groups is 6. The average molecular weight is 1740 g/mol. The summed E-state index contributed by atoms with van der Waals surface area (Å²) in [7, 11) is -0.0505. The number of ketones is 1. The van der Waals surface area contributed by atoms with Crippen LogP contribution in [0.15, 0.2) is 30.3 Å². The molecule has 5 atom stereocenters. The Balaban J connectivity index is 0.000000110. The fourth-order valence-electron chi connectivity index (χ4n) is 26.5. The molecule has 14 bridgehead atoms. The Morgan fingerprint density at radius 1 is 0.400 bits per heavy atom. The third-order valence-electron chi connectivity index (χ3n) is 32.0. The van der Waals surface area contributed by atoms with Crippen molar-refractivity contribution in [2.45, 2.75) is 323 Å². The molecule has 23 rings (SSSR count). The topological polar surface area (TPSA) is 183 Å². The van der Waals surface area contributed by atoms with Gasteiger partial charge in [0.2, 0.25) is 42.4 Å². The Morgan fingerprint density at radius 2 is 0.739 bits per heavy atom. The molecule has 115 heavy (non-hydrogen) atoms. The van der Waals surface area contributed by atoms with Crippen molar-refractivity contribution in [1.29, 1.82) is 0 Å². The molecular formula is C94H148O13S8+6. The highest BCUT2D eigenvalue weighted by atomic mass is 33.1. The van der Waals surface area contributed by atoms with E-state index in [0.717, 1.165) is 76.9 Å². The van der Waals surface area contributed by atoms with Gasteiger partial charge in [-0.05, 0) is 414 Å². The van der Waals surface area contributed by atoms with Crippen molar-refractivity contribution in [3.63, 3.8) is 0 Å². The molecule has 0 radical (unpaired) electrons. The fraction of sp³-hybridized carbons (Fsp3) is 0.872. The normalized spacial score (nSPS) is 38.9. The minimum Gasteiger partial charge on any atom is -0.457 e. The number of rotatable bonds is 17. The van der Waals surface area contributed by atoms with Crippen LogP contribution < -0.4 is 0 Å². The Labute approximate surface area is 715 Å². The number of fused-ring (bicyclic) bond motifs is 1. The maximum Gasteiger partial charge on any atom is 0.363 e. The van der Waals surface area contributed by atoms with Crippen molar-refractivity contribution in [3.8, 4) is 0 Å². The molecule has 22 fully saturated rings. The van der Waals surface area contributed by atoms with Crippen molar-refractivity contribution >= 4 is 121 Å².